The molecule has 0 aliphatic carbocycles. The van der Waals surface area contributed by atoms with Gasteiger partial charge in [-0.2, -0.15) is 11.8 Å². The lowest BCUT2D eigenvalue weighted by molar-refractivity contribution is -0.131. The van der Waals surface area contributed by atoms with Gasteiger partial charge in [-0.1, -0.05) is 0 Å². The highest BCUT2D eigenvalue weighted by Gasteiger charge is 2.42. The predicted molar refractivity (Wildman–Crippen MR) is 77.0 cm³/mol. The van der Waals surface area contributed by atoms with Crippen molar-refractivity contribution in [2.45, 2.75) is 38.5 Å². The van der Waals surface area contributed by atoms with Crippen LogP contribution in [0.15, 0.2) is 12.1 Å². The van der Waals surface area contributed by atoms with Gasteiger partial charge in [0.2, 0.25) is 5.91 Å². The van der Waals surface area contributed by atoms with Gasteiger partial charge < -0.3 is 4.90 Å². The number of nitrogens with zero attached hydrogens (tertiary/aromatic N) is 1. The largest absolute Gasteiger partial charge is 0.317 e. The van der Waals surface area contributed by atoms with E-state index in [0.29, 0.717) is 6.04 Å². The minimum absolute atomic E-state index is 0.0528. The summed E-state index contributed by atoms with van der Waals surface area (Å²) in [5.41, 5.74) is 0. The summed E-state index contributed by atoms with van der Waals surface area (Å²) in [4.78, 5) is 17.0. The topological polar surface area (TPSA) is 32.3 Å². The molecule has 1 aromatic rings. The second-order valence-electron chi connectivity index (χ2n) is 5.00. The van der Waals surface area contributed by atoms with E-state index < -0.39 is 0 Å². The molecule has 0 saturated carbocycles. The monoisotopic (exact) mass is 282 g/mol. The molecule has 3 nitrogen and oxygen atoms in total. The number of thioether (sulfide) groups is 1. The Bertz CT molecular complexity index is 454. The Labute approximate surface area is 116 Å². The van der Waals surface area contributed by atoms with Crippen LogP contribution in [0, 0.1) is 6.92 Å². The zero-order valence-electron chi connectivity index (χ0n) is 10.7. The second-order valence-corrected chi connectivity index (χ2v) is 7.47. The minimum atomic E-state index is -0.0528. The molecule has 2 saturated heterocycles. The van der Waals surface area contributed by atoms with Gasteiger partial charge in [0.15, 0.2) is 0 Å². The molecule has 2 aliphatic rings. The second kappa shape index (κ2) is 4.87. The van der Waals surface area contributed by atoms with Crippen molar-refractivity contribution in [1.82, 2.24) is 10.2 Å². The number of carbonyl (C=O) groups is 1. The SMILES string of the molecule is Cc1ccc(C2NC(C)C(=O)N2C2CCSC2)s1. The van der Waals surface area contributed by atoms with E-state index >= 15 is 0 Å². The van der Waals surface area contributed by atoms with Gasteiger partial charge in [0.25, 0.3) is 0 Å². The van der Waals surface area contributed by atoms with Crippen LogP contribution < -0.4 is 5.32 Å². The first kappa shape index (κ1) is 12.5. The maximum absolute atomic E-state index is 12.3. The van der Waals surface area contributed by atoms with Crippen LogP contribution in [0.4, 0.5) is 0 Å². The molecule has 18 heavy (non-hydrogen) atoms. The lowest BCUT2D eigenvalue weighted by Crippen LogP contribution is -2.39. The summed E-state index contributed by atoms with van der Waals surface area (Å²) in [6.45, 7) is 4.09. The number of hydrogen-bond acceptors (Lipinski definition) is 4. The van der Waals surface area contributed by atoms with E-state index in [1.165, 1.54) is 15.5 Å². The van der Waals surface area contributed by atoms with E-state index in [4.69, 9.17) is 0 Å². The van der Waals surface area contributed by atoms with Crippen molar-refractivity contribution >= 4 is 29.0 Å². The fourth-order valence-corrected chi connectivity index (χ4v) is 4.83. The van der Waals surface area contributed by atoms with Crippen LogP contribution in [0.5, 0.6) is 0 Å². The predicted octanol–water partition coefficient (Wildman–Crippen LogP) is 2.38. The third-order valence-corrected chi connectivity index (χ3v) is 5.84. The number of nitrogens with one attached hydrogen (secondary N) is 1. The van der Waals surface area contributed by atoms with Crippen molar-refractivity contribution in [3.63, 3.8) is 0 Å². The van der Waals surface area contributed by atoms with Crippen LogP contribution in [-0.2, 0) is 4.79 Å². The van der Waals surface area contributed by atoms with E-state index in [2.05, 4.69) is 29.3 Å². The molecule has 2 aliphatic heterocycles. The van der Waals surface area contributed by atoms with Crippen molar-refractivity contribution in [2.24, 2.45) is 0 Å². The number of carbonyl (C=O) groups excluding carboxylic acids is 1. The Kier molecular flexibility index (Phi) is 3.38. The Balaban J connectivity index is 1.89. The summed E-state index contributed by atoms with van der Waals surface area (Å²) in [6, 6.07) is 4.64. The van der Waals surface area contributed by atoms with Crippen molar-refractivity contribution in [1.29, 1.82) is 0 Å². The lowest BCUT2D eigenvalue weighted by atomic mass is 10.2. The fourth-order valence-electron chi connectivity index (χ4n) is 2.69. The molecule has 0 bridgehead atoms. The third kappa shape index (κ3) is 2.08. The van der Waals surface area contributed by atoms with Gasteiger partial charge in [-0.15, -0.1) is 11.3 Å². The molecule has 2 fully saturated rings. The van der Waals surface area contributed by atoms with E-state index in [-0.39, 0.29) is 18.1 Å². The highest BCUT2D eigenvalue weighted by Crippen LogP contribution is 2.35. The summed E-state index contributed by atoms with van der Waals surface area (Å²) in [7, 11) is 0. The first-order valence-corrected chi connectivity index (χ1v) is 8.36. The van der Waals surface area contributed by atoms with Gasteiger partial charge >= 0.3 is 0 Å². The van der Waals surface area contributed by atoms with E-state index in [1.807, 2.05) is 18.7 Å². The molecule has 0 aromatic carbocycles. The Morgan fingerprint density at radius 2 is 2.28 bits per heavy atom. The van der Waals surface area contributed by atoms with Crippen LogP contribution in [0.1, 0.15) is 29.3 Å². The average Bonchev–Trinajstić information content (AvgIpc) is 3.02. The van der Waals surface area contributed by atoms with E-state index in [1.54, 1.807) is 11.3 Å². The highest BCUT2D eigenvalue weighted by molar-refractivity contribution is 7.99. The van der Waals surface area contributed by atoms with Crippen molar-refractivity contribution in [3.8, 4) is 0 Å². The summed E-state index contributed by atoms with van der Waals surface area (Å²) in [5.74, 6) is 2.53. The maximum Gasteiger partial charge on any atom is 0.241 e. The quantitative estimate of drug-likeness (QED) is 0.904. The molecular formula is C13H18N2OS2. The molecule has 1 amide bonds. The van der Waals surface area contributed by atoms with E-state index in [9.17, 15) is 4.79 Å². The van der Waals surface area contributed by atoms with Crippen LogP contribution in [-0.4, -0.2) is 34.4 Å². The molecule has 0 radical (unpaired) electrons. The average molecular weight is 282 g/mol. The molecule has 3 rings (SSSR count). The van der Waals surface area contributed by atoms with Crippen LogP contribution in [0.3, 0.4) is 0 Å². The van der Waals surface area contributed by atoms with Crippen LogP contribution in [0.25, 0.3) is 0 Å². The van der Waals surface area contributed by atoms with Gasteiger partial charge in [-0.05, 0) is 38.2 Å². The molecule has 98 valence electrons. The van der Waals surface area contributed by atoms with E-state index in [0.717, 1.165) is 12.2 Å². The summed E-state index contributed by atoms with van der Waals surface area (Å²) in [6.07, 6.45) is 1.22. The van der Waals surface area contributed by atoms with Crippen LogP contribution >= 0.6 is 23.1 Å². The fraction of sp³-hybridized carbons (Fsp3) is 0.615. The van der Waals surface area contributed by atoms with Crippen molar-refractivity contribution < 1.29 is 4.79 Å². The Morgan fingerprint density at radius 1 is 1.44 bits per heavy atom. The summed E-state index contributed by atoms with van der Waals surface area (Å²) in [5, 5.41) is 3.44. The number of aryl methyl sites for hydroxylation is 1. The number of hydrogen-bond donors (Lipinski definition) is 1. The molecule has 3 heterocycles. The van der Waals surface area contributed by atoms with Gasteiger partial charge in [-0.3, -0.25) is 10.1 Å². The maximum atomic E-state index is 12.3. The van der Waals surface area contributed by atoms with Crippen LogP contribution in [0.2, 0.25) is 0 Å². The van der Waals surface area contributed by atoms with Crippen molar-refractivity contribution in [2.75, 3.05) is 11.5 Å². The highest BCUT2D eigenvalue weighted by atomic mass is 32.2. The Morgan fingerprint density at radius 3 is 2.89 bits per heavy atom. The normalized spacial score (nSPS) is 32.4. The first-order chi connectivity index (χ1) is 8.66. The summed E-state index contributed by atoms with van der Waals surface area (Å²) < 4.78 is 0. The molecule has 1 N–H and O–H groups in total. The van der Waals surface area contributed by atoms with Gasteiger partial charge in [0.05, 0.1) is 6.04 Å². The Hall–Kier alpha value is -0.520. The minimum Gasteiger partial charge on any atom is -0.317 e. The molecular weight excluding hydrogens is 264 g/mol. The van der Waals surface area contributed by atoms with Gasteiger partial charge in [0, 0.05) is 21.5 Å². The third-order valence-electron chi connectivity index (χ3n) is 3.64. The molecule has 5 heteroatoms. The lowest BCUT2D eigenvalue weighted by Gasteiger charge is -2.29. The molecule has 1 aromatic heterocycles. The van der Waals surface area contributed by atoms with Crippen molar-refractivity contribution in [3.05, 3.63) is 21.9 Å². The molecule has 0 spiro atoms. The summed E-state index contributed by atoms with van der Waals surface area (Å²) >= 11 is 3.74. The smallest absolute Gasteiger partial charge is 0.241 e. The number of rotatable bonds is 2. The molecule has 3 unspecified atom stereocenters. The zero-order chi connectivity index (χ0) is 12.7. The van der Waals surface area contributed by atoms with Gasteiger partial charge in [0.1, 0.15) is 6.17 Å². The first-order valence-electron chi connectivity index (χ1n) is 6.39. The zero-order valence-corrected chi connectivity index (χ0v) is 12.3. The molecule has 3 atom stereocenters. The number of thiophene rings is 1. The standard InChI is InChI=1S/C13H18N2OS2/c1-8-3-4-11(18-8)12-14-9(2)13(16)15(12)10-5-6-17-7-10/h3-4,9-10,12,14H,5-7H2,1-2H3. The van der Waals surface area contributed by atoms with Gasteiger partial charge in [-0.25, -0.2) is 0 Å². The number of amides is 1.